The van der Waals surface area contributed by atoms with Crippen LogP contribution in [-0.4, -0.2) is 47.7 Å². The van der Waals surface area contributed by atoms with E-state index in [9.17, 15) is 14.4 Å². The fourth-order valence-electron chi connectivity index (χ4n) is 3.91. The van der Waals surface area contributed by atoms with Crippen molar-refractivity contribution in [2.75, 3.05) is 20.2 Å². The van der Waals surface area contributed by atoms with Gasteiger partial charge in [-0.1, -0.05) is 19.9 Å². The number of esters is 1. The Kier molecular flexibility index (Phi) is 4.83. The highest BCUT2D eigenvalue weighted by molar-refractivity contribution is 5.83. The van der Waals surface area contributed by atoms with Crippen molar-refractivity contribution < 1.29 is 14.3 Å². The summed E-state index contributed by atoms with van der Waals surface area (Å²) >= 11 is 0. The highest BCUT2D eigenvalue weighted by Crippen LogP contribution is 2.34. The van der Waals surface area contributed by atoms with Crippen LogP contribution in [0.4, 0.5) is 4.79 Å². The van der Waals surface area contributed by atoms with Crippen molar-refractivity contribution in [3.05, 3.63) is 34.2 Å². The fraction of sp³-hybridized carbons (Fsp3) is 0.611. The molecule has 2 aliphatic heterocycles. The molecule has 2 amide bonds. The van der Waals surface area contributed by atoms with Gasteiger partial charge in [0.1, 0.15) is 6.04 Å². The maximum absolute atomic E-state index is 12.7. The van der Waals surface area contributed by atoms with Crippen LogP contribution in [0.1, 0.15) is 31.9 Å². The van der Waals surface area contributed by atoms with Crippen molar-refractivity contribution in [2.24, 2.45) is 11.8 Å². The Morgan fingerprint density at radius 1 is 1.24 bits per heavy atom. The predicted octanol–water partition coefficient (Wildman–Crippen LogP) is 1.17. The molecule has 0 saturated carbocycles. The number of nitrogens with one attached hydrogen (secondary N) is 1. The Bertz CT molecular complexity index is 727. The minimum atomic E-state index is -0.658. The first kappa shape index (κ1) is 17.5. The summed E-state index contributed by atoms with van der Waals surface area (Å²) in [6.07, 6.45) is 0.984. The van der Waals surface area contributed by atoms with Gasteiger partial charge in [-0.05, 0) is 24.3 Å². The molecule has 3 heterocycles. The molecule has 3 atom stereocenters. The Morgan fingerprint density at radius 2 is 2.00 bits per heavy atom. The van der Waals surface area contributed by atoms with Gasteiger partial charge in [0.25, 0.3) is 5.56 Å². The highest BCUT2D eigenvalue weighted by Gasteiger charge is 2.37. The molecule has 0 spiro atoms. The van der Waals surface area contributed by atoms with Crippen molar-refractivity contribution in [1.82, 2.24) is 14.8 Å². The second-order valence-electron chi connectivity index (χ2n) is 7.30. The Labute approximate surface area is 147 Å². The van der Waals surface area contributed by atoms with Crippen molar-refractivity contribution in [1.29, 1.82) is 0 Å². The van der Waals surface area contributed by atoms with Gasteiger partial charge in [0, 0.05) is 37.3 Å². The summed E-state index contributed by atoms with van der Waals surface area (Å²) in [6, 6.07) is 4.42. The van der Waals surface area contributed by atoms with E-state index in [4.69, 9.17) is 4.74 Å². The average molecular weight is 347 g/mol. The van der Waals surface area contributed by atoms with Gasteiger partial charge in [0.2, 0.25) is 0 Å². The maximum Gasteiger partial charge on any atom is 0.328 e. The Hall–Kier alpha value is -2.31. The number of likely N-dealkylation sites (tertiary alicyclic amines) is 1. The molecule has 7 heteroatoms. The molecule has 0 aromatic carbocycles. The van der Waals surface area contributed by atoms with Crippen LogP contribution in [0.2, 0.25) is 0 Å². The minimum Gasteiger partial charge on any atom is -0.467 e. The van der Waals surface area contributed by atoms with Gasteiger partial charge >= 0.3 is 12.0 Å². The molecule has 7 nitrogen and oxygen atoms in total. The monoisotopic (exact) mass is 347 g/mol. The molecule has 1 saturated heterocycles. The Balaban J connectivity index is 1.75. The van der Waals surface area contributed by atoms with Crippen LogP contribution in [0.5, 0.6) is 0 Å². The van der Waals surface area contributed by atoms with Gasteiger partial charge in [-0.3, -0.25) is 4.79 Å². The molecule has 25 heavy (non-hydrogen) atoms. The summed E-state index contributed by atoms with van der Waals surface area (Å²) in [5, 5.41) is 2.81. The molecule has 2 bridgehead atoms. The number of hydrogen-bond acceptors (Lipinski definition) is 4. The number of rotatable bonds is 3. The zero-order valence-corrected chi connectivity index (χ0v) is 14.9. The van der Waals surface area contributed by atoms with E-state index in [1.165, 1.54) is 7.11 Å². The average Bonchev–Trinajstić information content (AvgIpc) is 2.59. The lowest BCUT2D eigenvalue weighted by Gasteiger charge is -2.43. The van der Waals surface area contributed by atoms with Gasteiger partial charge in [-0.25, -0.2) is 9.59 Å². The first-order valence-electron chi connectivity index (χ1n) is 8.73. The summed E-state index contributed by atoms with van der Waals surface area (Å²) < 4.78 is 6.62. The molecule has 0 radical (unpaired) electrons. The number of methoxy groups -OCH3 is 1. The standard InChI is InChI=1S/C18H25N3O4/c1-11(2)16(17(23)25-3)19-18(24)20-8-12-7-13(10-20)14-5-4-6-15(22)21(14)9-12/h4-6,11-13,16H,7-10H2,1-3H3,(H,19,24)/t12-,13+,16-/m0/s1. The number of fused-ring (bicyclic) bond motifs is 4. The maximum atomic E-state index is 12.7. The Morgan fingerprint density at radius 3 is 2.68 bits per heavy atom. The third kappa shape index (κ3) is 3.41. The molecule has 0 aliphatic carbocycles. The van der Waals surface area contributed by atoms with Crippen molar-refractivity contribution in [3.8, 4) is 0 Å². The summed E-state index contributed by atoms with van der Waals surface area (Å²) in [6.45, 7) is 5.53. The molecule has 1 aromatic rings. The van der Waals surface area contributed by atoms with Gasteiger partial charge in [-0.2, -0.15) is 0 Å². The normalized spacial score (nSPS) is 23.0. The van der Waals surface area contributed by atoms with Crippen LogP contribution < -0.4 is 10.9 Å². The van der Waals surface area contributed by atoms with Gasteiger partial charge in [0.05, 0.1) is 7.11 Å². The van der Waals surface area contributed by atoms with E-state index in [0.717, 1.165) is 12.1 Å². The summed E-state index contributed by atoms with van der Waals surface area (Å²) in [4.78, 5) is 38.4. The van der Waals surface area contributed by atoms with Gasteiger partial charge < -0.3 is 19.5 Å². The van der Waals surface area contributed by atoms with Crippen molar-refractivity contribution >= 4 is 12.0 Å². The fourth-order valence-corrected chi connectivity index (χ4v) is 3.91. The molecule has 3 rings (SSSR count). The molecule has 1 N–H and O–H groups in total. The predicted molar refractivity (Wildman–Crippen MR) is 92.3 cm³/mol. The van der Waals surface area contributed by atoms with E-state index in [-0.39, 0.29) is 29.3 Å². The molecule has 2 aliphatic rings. The lowest BCUT2D eigenvalue weighted by Crippen LogP contribution is -2.55. The van der Waals surface area contributed by atoms with Crippen LogP contribution in [0.3, 0.4) is 0 Å². The third-order valence-electron chi connectivity index (χ3n) is 5.17. The number of amides is 2. The summed E-state index contributed by atoms with van der Waals surface area (Å²) in [5.74, 6) is -0.0760. The number of pyridine rings is 1. The number of piperidine rings is 1. The van der Waals surface area contributed by atoms with E-state index < -0.39 is 12.0 Å². The van der Waals surface area contributed by atoms with Crippen molar-refractivity contribution in [3.63, 3.8) is 0 Å². The van der Waals surface area contributed by atoms with E-state index in [1.54, 1.807) is 17.0 Å². The molecular weight excluding hydrogens is 322 g/mol. The number of ether oxygens (including phenoxy) is 1. The van der Waals surface area contributed by atoms with E-state index in [1.807, 2.05) is 24.5 Å². The lowest BCUT2D eigenvalue weighted by molar-refractivity contribution is -0.144. The first-order valence-corrected chi connectivity index (χ1v) is 8.73. The lowest BCUT2D eigenvalue weighted by atomic mass is 9.83. The number of hydrogen-bond donors (Lipinski definition) is 1. The zero-order chi connectivity index (χ0) is 18.1. The smallest absolute Gasteiger partial charge is 0.328 e. The number of aromatic nitrogens is 1. The molecule has 1 fully saturated rings. The SMILES string of the molecule is COC(=O)[C@@H](NC(=O)N1C[C@@H]2C[C@H](C1)c1cccc(=O)n1C2)C(C)C. The van der Waals surface area contributed by atoms with Crippen LogP contribution in [0.25, 0.3) is 0 Å². The van der Waals surface area contributed by atoms with Crippen LogP contribution in [0.15, 0.2) is 23.0 Å². The summed E-state index contributed by atoms with van der Waals surface area (Å²) in [7, 11) is 1.32. The van der Waals surface area contributed by atoms with E-state index in [0.29, 0.717) is 19.6 Å². The van der Waals surface area contributed by atoms with Crippen LogP contribution >= 0.6 is 0 Å². The number of nitrogens with zero attached hydrogens (tertiary/aromatic N) is 2. The molecule has 0 unspecified atom stereocenters. The van der Waals surface area contributed by atoms with Crippen molar-refractivity contribution in [2.45, 2.75) is 38.8 Å². The highest BCUT2D eigenvalue weighted by atomic mass is 16.5. The van der Waals surface area contributed by atoms with Crippen LogP contribution in [-0.2, 0) is 16.1 Å². The van der Waals surface area contributed by atoms with Gasteiger partial charge in [-0.15, -0.1) is 0 Å². The largest absolute Gasteiger partial charge is 0.467 e. The zero-order valence-electron chi connectivity index (χ0n) is 14.9. The quantitative estimate of drug-likeness (QED) is 0.833. The first-order chi connectivity index (χ1) is 11.9. The topological polar surface area (TPSA) is 80.6 Å². The van der Waals surface area contributed by atoms with E-state index >= 15 is 0 Å². The van der Waals surface area contributed by atoms with E-state index in [2.05, 4.69) is 5.32 Å². The second-order valence-corrected chi connectivity index (χ2v) is 7.30. The molecule has 1 aromatic heterocycles. The number of carbonyl (C=O) groups excluding carboxylic acids is 2. The third-order valence-corrected chi connectivity index (χ3v) is 5.17. The molecular formula is C18H25N3O4. The summed E-state index contributed by atoms with van der Waals surface area (Å²) in [5.41, 5.74) is 1.02. The second kappa shape index (κ2) is 6.90. The number of carbonyl (C=O) groups is 2. The molecule has 136 valence electrons. The number of urea groups is 1. The minimum absolute atomic E-state index is 0.0238. The van der Waals surface area contributed by atoms with Crippen LogP contribution in [0, 0.1) is 11.8 Å². The van der Waals surface area contributed by atoms with Gasteiger partial charge in [0.15, 0.2) is 0 Å².